The Labute approximate surface area is 127 Å². The van der Waals surface area contributed by atoms with Crippen LogP contribution in [0.3, 0.4) is 0 Å². The average molecular weight is 296 g/mol. The van der Waals surface area contributed by atoms with E-state index in [2.05, 4.69) is 23.5 Å². The van der Waals surface area contributed by atoms with E-state index in [0.29, 0.717) is 5.41 Å². The Hall–Kier alpha value is -0.570. The highest BCUT2D eigenvalue weighted by atomic mass is 35.5. The summed E-state index contributed by atoms with van der Waals surface area (Å²) in [6, 6.07) is 8.34. The molecule has 1 aromatic rings. The Morgan fingerprint density at radius 3 is 2.75 bits per heavy atom. The van der Waals surface area contributed by atoms with Crippen LogP contribution in [-0.2, 0) is 11.2 Å². The molecule has 0 amide bonds. The lowest BCUT2D eigenvalue weighted by Crippen LogP contribution is -2.39. The summed E-state index contributed by atoms with van der Waals surface area (Å²) in [4.78, 5) is 0. The fourth-order valence-electron chi connectivity index (χ4n) is 3.33. The molecule has 0 atom stereocenters. The van der Waals surface area contributed by atoms with Gasteiger partial charge in [-0.1, -0.05) is 43.0 Å². The van der Waals surface area contributed by atoms with Gasteiger partial charge >= 0.3 is 0 Å². The number of halogens is 1. The van der Waals surface area contributed by atoms with E-state index in [0.717, 1.165) is 31.1 Å². The molecule has 2 rings (SSSR count). The molecule has 0 heterocycles. The van der Waals surface area contributed by atoms with Gasteiger partial charge < -0.3 is 10.1 Å². The Balaban J connectivity index is 1.98. The molecule has 1 saturated carbocycles. The van der Waals surface area contributed by atoms with Crippen molar-refractivity contribution >= 4 is 11.6 Å². The molecule has 2 nitrogen and oxygen atoms in total. The normalized spacial score (nSPS) is 18.1. The number of methoxy groups -OCH3 is 1. The largest absolute Gasteiger partial charge is 0.383 e. The molecular weight excluding hydrogens is 270 g/mol. The highest BCUT2D eigenvalue weighted by Crippen LogP contribution is 2.39. The van der Waals surface area contributed by atoms with Crippen LogP contribution < -0.4 is 5.32 Å². The van der Waals surface area contributed by atoms with Gasteiger partial charge in [0.2, 0.25) is 0 Å². The maximum Gasteiger partial charge on any atom is 0.0587 e. The highest BCUT2D eigenvalue weighted by Gasteiger charge is 2.31. The van der Waals surface area contributed by atoms with Crippen molar-refractivity contribution in [3.05, 3.63) is 34.9 Å². The van der Waals surface area contributed by atoms with Gasteiger partial charge in [0, 0.05) is 25.2 Å². The summed E-state index contributed by atoms with van der Waals surface area (Å²) in [6.07, 6.45) is 7.86. The van der Waals surface area contributed by atoms with Gasteiger partial charge in [0.05, 0.1) is 6.61 Å². The number of ether oxygens (including phenoxy) is 1. The van der Waals surface area contributed by atoms with Crippen LogP contribution in [0, 0.1) is 5.41 Å². The van der Waals surface area contributed by atoms with Crippen molar-refractivity contribution in [1.82, 2.24) is 5.32 Å². The van der Waals surface area contributed by atoms with Gasteiger partial charge in [-0.25, -0.2) is 0 Å². The molecule has 0 radical (unpaired) electrons. The zero-order chi connectivity index (χ0) is 14.3. The molecule has 3 heteroatoms. The third-order valence-electron chi connectivity index (χ3n) is 4.37. The molecule has 20 heavy (non-hydrogen) atoms. The summed E-state index contributed by atoms with van der Waals surface area (Å²) in [7, 11) is 1.75. The highest BCUT2D eigenvalue weighted by molar-refractivity contribution is 6.30. The van der Waals surface area contributed by atoms with Gasteiger partial charge in [-0.2, -0.15) is 0 Å². The van der Waals surface area contributed by atoms with Gasteiger partial charge in [0.1, 0.15) is 0 Å². The van der Waals surface area contributed by atoms with E-state index in [1.807, 2.05) is 6.07 Å². The van der Waals surface area contributed by atoms with Gasteiger partial charge in [0.25, 0.3) is 0 Å². The number of nitrogens with one attached hydrogen (secondary N) is 1. The number of benzene rings is 1. The van der Waals surface area contributed by atoms with Crippen molar-refractivity contribution < 1.29 is 4.74 Å². The van der Waals surface area contributed by atoms with Crippen LogP contribution in [0.5, 0.6) is 0 Å². The van der Waals surface area contributed by atoms with Crippen molar-refractivity contribution in [3.8, 4) is 0 Å². The predicted molar refractivity (Wildman–Crippen MR) is 85.4 cm³/mol. The van der Waals surface area contributed by atoms with Crippen molar-refractivity contribution in [2.75, 3.05) is 26.8 Å². The van der Waals surface area contributed by atoms with E-state index in [-0.39, 0.29) is 0 Å². The predicted octanol–water partition coefficient (Wildman–Crippen LogP) is 4.07. The maximum absolute atomic E-state index is 6.12. The quantitative estimate of drug-likeness (QED) is 0.766. The summed E-state index contributed by atoms with van der Waals surface area (Å²) in [5.74, 6) is 0. The van der Waals surface area contributed by atoms with Crippen LogP contribution in [0.15, 0.2) is 24.3 Å². The van der Waals surface area contributed by atoms with Gasteiger partial charge in [0.15, 0.2) is 0 Å². The SMILES string of the molecule is COCCNCC1(Cc2cccc(Cl)c2)CCCCC1. The van der Waals surface area contributed by atoms with Crippen LogP contribution in [0.4, 0.5) is 0 Å². The fourth-order valence-corrected chi connectivity index (χ4v) is 3.54. The molecule has 1 N–H and O–H groups in total. The van der Waals surface area contributed by atoms with Crippen LogP contribution >= 0.6 is 11.6 Å². The lowest BCUT2D eigenvalue weighted by molar-refractivity contribution is 0.162. The Kier molecular flexibility index (Phi) is 6.34. The van der Waals surface area contributed by atoms with E-state index >= 15 is 0 Å². The van der Waals surface area contributed by atoms with Gasteiger partial charge in [-0.05, 0) is 42.4 Å². The summed E-state index contributed by atoms with van der Waals surface area (Å²) in [5.41, 5.74) is 1.77. The Morgan fingerprint density at radius 1 is 1.25 bits per heavy atom. The molecule has 0 aromatic heterocycles. The number of hydrogen-bond acceptors (Lipinski definition) is 2. The molecule has 0 spiro atoms. The zero-order valence-electron chi connectivity index (χ0n) is 12.5. The monoisotopic (exact) mass is 295 g/mol. The minimum absolute atomic E-state index is 0.399. The minimum atomic E-state index is 0.399. The van der Waals surface area contributed by atoms with Crippen molar-refractivity contribution in [2.45, 2.75) is 38.5 Å². The molecule has 1 aliphatic rings. The van der Waals surface area contributed by atoms with Crippen LogP contribution in [-0.4, -0.2) is 26.8 Å². The zero-order valence-corrected chi connectivity index (χ0v) is 13.2. The van der Waals surface area contributed by atoms with Crippen LogP contribution in [0.1, 0.15) is 37.7 Å². The summed E-state index contributed by atoms with van der Waals surface area (Å²) in [5, 5.41) is 4.42. The van der Waals surface area contributed by atoms with E-state index in [9.17, 15) is 0 Å². The van der Waals surface area contributed by atoms with E-state index in [4.69, 9.17) is 16.3 Å². The summed E-state index contributed by atoms with van der Waals surface area (Å²) >= 11 is 6.12. The van der Waals surface area contributed by atoms with Gasteiger partial charge in [-0.15, -0.1) is 0 Å². The van der Waals surface area contributed by atoms with E-state index in [1.165, 1.54) is 37.7 Å². The molecule has 0 bridgehead atoms. The number of rotatable bonds is 7. The van der Waals surface area contributed by atoms with E-state index < -0.39 is 0 Å². The second kappa shape index (κ2) is 8.02. The summed E-state index contributed by atoms with van der Waals surface area (Å²) in [6.45, 7) is 2.81. The van der Waals surface area contributed by atoms with Gasteiger partial charge in [-0.3, -0.25) is 0 Å². The lowest BCUT2D eigenvalue weighted by Gasteiger charge is -2.38. The molecule has 1 aromatic carbocycles. The van der Waals surface area contributed by atoms with Crippen molar-refractivity contribution in [1.29, 1.82) is 0 Å². The second-order valence-corrected chi connectivity index (χ2v) is 6.47. The first kappa shape index (κ1) is 15.8. The first-order chi connectivity index (χ1) is 9.74. The third-order valence-corrected chi connectivity index (χ3v) is 4.60. The molecular formula is C17H26ClNO. The molecule has 112 valence electrons. The standard InChI is InChI=1S/C17H26ClNO/c1-20-11-10-19-14-17(8-3-2-4-9-17)13-15-6-5-7-16(18)12-15/h5-7,12,19H,2-4,8-11,13-14H2,1H3. The number of hydrogen-bond donors (Lipinski definition) is 1. The van der Waals surface area contributed by atoms with Crippen molar-refractivity contribution in [2.24, 2.45) is 5.41 Å². The molecule has 0 saturated heterocycles. The Bertz CT molecular complexity index is 402. The molecule has 1 fully saturated rings. The first-order valence-electron chi connectivity index (χ1n) is 7.68. The smallest absolute Gasteiger partial charge is 0.0587 e. The topological polar surface area (TPSA) is 21.3 Å². The van der Waals surface area contributed by atoms with Crippen LogP contribution in [0.25, 0.3) is 0 Å². The second-order valence-electron chi connectivity index (χ2n) is 6.04. The molecule has 1 aliphatic carbocycles. The summed E-state index contributed by atoms with van der Waals surface area (Å²) < 4.78 is 5.12. The lowest BCUT2D eigenvalue weighted by atomic mass is 9.70. The first-order valence-corrected chi connectivity index (χ1v) is 8.06. The molecule has 0 unspecified atom stereocenters. The molecule has 0 aliphatic heterocycles. The average Bonchev–Trinajstić information content (AvgIpc) is 2.45. The maximum atomic E-state index is 6.12. The minimum Gasteiger partial charge on any atom is -0.383 e. The van der Waals surface area contributed by atoms with Crippen LogP contribution in [0.2, 0.25) is 5.02 Å². The third kappa shape index (κ3) is 4.76. The fraction of sp³-hybridized carbons (Fsp3) is 0.647. The Morgan fingerprint density at radius 2 is 2.05 bits per heavy atom. The van der Waals surface area contributed by atoms with Crippen molar-refractivity contribution in [3.63, 3.8) is 0 Å². The van der Waals surface area contributed by atoms with E-state index in [1.54, 1.807) is 7.11 Å².